The summed E-state index contributed by atoms with van der Waals surface area (Å²) in [5.74, 6) is 1.06. The fourth-order valence-electron chi connectivity index (χ4n) is 3.50. The summed E-state index contributed by atoms with van der Waals surface area (Å²) in [6.07, 6.45) is 3.24. The minimum atomic E-state index is -0.258. The normalized spacial score (nSPS) is 16.3. The number of hydrogen-bond acceptors (Lipinski definition) is 6. The first-order valence-electron chi connectivity index (χ1n) is 9.93. The van der Waals surface area contributed by atoms with Crippen LogP contribution in [0.2, 0.25) is 0 Å². The van der Waals surface area contributed by atoms with Gasteiger partial charge in [0, 0.05) is 30.4 Å². The Labute approximate surface area is 174 Å². The van der Waals surface area contributed by atoms with Gasteiger partial charge < -0.3 is 14.7 Å². The van der Waals surface area contributed by atoms with Gasteiger partial charge in [-0.25, -0.2) is 4.98 Å². The minimum absolute atomic E-state index is 0.0887. The summed E-state index contributed by atoms with van der Waals surface area (Å²) in [5.41, 5.74) is 2.35. The molecule has 1 atom stereocenters. The number of nitrogens with one attached hydrogen (secondary N) is 1. The predicted octanol–water partition coefficient (Wildman–Crippen LogP) is 3.24. The summed E-state index contributed by atoms with van der Waals surface area (Å²) in [7, 11) is 0. The number of aryl methyl sites for hydroxylation is 2. The minimum Gasteiger partial charge on any atom is -0.338 e. The maximum Gasteiger partial charge on any atom is 0.257 e. The Hall–Kier alpha value is -3.55. The smallest absolute Gasteiger partial charge is 0.257 e. The third-order valence-electron chi connectivity index (χ3n) is 5.15. The largest absolute Gasteiger partial charge is 0.338 e. The molecular weight excluding hydrogens is 382 g/mol. The number of anilines is 1. The molecule has 1 fully saturated rings. The molecule has 2 amide bonds. The molecule has 0 saturated carbocycles. The number of pyridine rings is 1. The zero-order valence-electron chi connectivity index (χ0n) is 17.0. The monoisotopic (exact) mass is 405 g/mol. The molecule has 4 rings (SSSR count). The van der Waals surface area contributed by atoms with Crippen molar-refractivity contribution >= 4 is 17.6 Å². The molecule has 1 saturated heterocycles. The Morgan fingerprint density at radius 1 is 1.13 bits per heavy atom. The molecule has 3 aromatic rings. The fourth-order valence-corrected chi connectivity index (χ4v) is 3.50. The van der Waals surface area contributed by atoms with E-state index in [1.807, 2.05) is 13.0 Å². The lowest BCUT2D eigenvalue weighted by Crippen LogP contribution is -2.43. The number of likely N-dealkylation sites (tertiary alicyclic amines) is 1. The zero-order valence-corrected chi connectivity index (χ0v) is 17.0. The van der Waals surface area contributed by atoms with E-state index < -0.39 is 0 Å². The van der Waals surface area contributed by atoms with Crippen molar-refractivity contribution in [3.05, 3.63) is 59.5 Å². The summed E-state index contributed by atoms with van der Waals surface area (Å²) in [4.78, 5) is 35.7. The molecule has 8 heteroatoms. The van der Waals surface area contributed by atoms with Crippen LogP contribution in [-0.4, -0.2) is 44.9 Å². The van der Waals surface area contributed by atoms with Gasteiger partial charge in [0.1, 0.15) is 5.82 Å². The average molecular weight is 405 g/mol. The third kappa shape index (κ3) is 4.37. The molecular formula is C22H23N5O3. The second-order valence-electron chi connectivity index (χ2n) is 7.52. The van der Waals surface area contributed by atoms with E-state index in [9.17, 15) is 9.59 Å². The molecule has 0 unspecified atom stereocenters. The van der Waals surface area contributed by atoms with Gasteiger partial charge in [0.05, 0.1) is 5.92 Å². The number of rotatable bonds is 4. The van der Waals surface area contributed by atoms with Crippen LogP contribution < -0.4 is 5.32 Å². The molecule has 1 N–H and O–H groups in total. The van der Waals surface area contributed by atoms with Crippen LogP contribution in [0.25, 0.3) is 11.5 Å². The van der Waals surface area contributed by atoms with Gasteiger partial charge in [-0.3, -0.25) is 9.59 Å². The Bertz CT molecular complexity index is 1040. The third-order valence-corrected chi connectivity index (χ3v) is 5.15. The number of carbonyl (C=O) groups is 2. The maximum atomic E-state index is 12.9. The maximum absolute atomic E-state index is 12.9. The molecule has 1 aliphatic heterocycles. The molecule has 1 aliphatic rings. The number of piperidine rings is 1. The van der Waals surface area contributed by atoms with Crippen LogP contribution in [0.5, 0.6) is 0 Å². The van der Waals surface area contributed by atoms with Gasteiger partial charge in [0.25, 0.3) is 11.8 Å². The molecule has 0 aliphatic carbocycles. The van der Waals surface area contributed by atoms with Gasteiger partial charge in [0.2, 0.25) is 5.91 Å². The highest BCUT2D eigenvalue weighted by Gasteiger charge is 2.29. The average Bonchev–Trinajstić information content (AvgIpc) is 3.21. The second kappa shape index (κ2) is 8.44. The lowest BCUT2D eigenvalue weighted by atomic mass is 9.96. The Balaban J connectivity index is 1.40. The van der Waals surface area contributed by atoms with Crippen molar-refractivity contribution in [3.8, 4) is 11.5 Å². The van der Waals surface area contributed by atoms with Crippen molar-refractivity contribution < 1.29 is 14.1 Å². The van der Waals surface area contributed by atoms with Crippen molar-refractivity contribution in [1.82, 2.24) is 20.0 Å². The second-order valence-corrected chi connectivity index (χ2v) is 7.52. The molecule has 1 aromatic carbocycles. The molecule has 0 radical (unpaired) electrons. The van der Waals surface area contributed by atoms with Gasteiger partial charge in [-0.2, -0.15) is 4.98 Å². The van der Waals surface area contributed by atoms with Crippen molar-refractivity contribution in [2.45, 2.75) is 26.7 Å². The standard InChI is InChI=1S/C22H23N5O3/c1-14-5-10-19(23-12-14)25-20(28)18-4-3-11-27(13-18)22(29)17-8-6-16(7-9-17)21-24-15(2)26-30-21/h5-10,12,18H,3-4,11,13H2,1-2H3,(H,23,25,28)/t18-/m1/s1. The molecule has 154 valence electrons. The Morgan fingerprint density at radius 2 is 1.93 bits per heavy atom. The summed E-state index contributed by atoms with van der Waals surface area (Å²) in [6.45, 7) is 4.72. The highest BCUT2D eigenvalue weighted by molar-refractivity contribution is 5.96. The van der Waals surface area contributed by atoms with Crippen LogP contribution in [0, 0.1) is 19.8 Å². The molecule has 0 bridgehead atoms. The van der Waals surface area contributed by atoms with E-state index in [1.165, 1.54) is 0 Å². The van der Waals surface area contributed by atoms with Gasteiger partial charge in [-0.1, -0.05) is 11.2 Å². The van der Waals surface area contributed by atoms with E-state index in [4.69, 9.17) is 4.52 Å². The molecule has 2 aromatic heterocycles. The molecule has 30 heavy (non-hydrogen) atoms. The highest BCUT2D eigenvalue weighted by Crippen LogP contribution is 2.22. The molecule has 8 nitrogen and oxygen atoms in total. The van der Waals surface area contributed by atoms with Crippen molar-refractivity contribution in [2.75, 3.05) is 18.4 Å². The van der Waals surface area contributed by atoms with Gasteiger partial charge in [0.15, 0.2) is 5.82 Å². The first-order valence-corrected chi connectivity index (χ1v) is 9.93. The number of nitrogens with zero attached hydrogens (tertiary/aromatic N) is 4. The fraction of sp³-hybridized carbons (Fsp3) is 0.318. The van der Waals surface area contributed by atoms with Crippen LogP contribution in [0.1, 0.15) is 34.6 Å². The number of hydrogen-bond donors (Lipinski definition) is 1. The van der Waals surface area contributed by atoms with E-state index in [2.05, 4.69) is 20.4 Å². The van der Waals surface area contributed by atoms with E-state index in [1.54, 1.807) is 48.4 Å². The summed E-state index contributed by atoms with van der Waals surface area (Å²) in [5, 5.41) is 6.63. The summed E-state index contributed by atoms with van der Waals surface area (Å²) in [6, 6.07) is 10.8. The molecule has 0 spiro atoms. The van der Waals surface area contributed by atoms with E-state index in [0.717, 1.165) is 24.0 Å². The zero-order chi connectivity index (χ0) is 21.1. The molecule has 3 heterocycles. The highest BCUT2D eigenvalue weighted by atomic mass is 16.5. The lowest BCUT2D eigenvalue weighted by Gasteiger charge is -2.32. The van der Waals surface area contributed by atoms with E-state index in [0.29, 0.717) is 36.2 Å². The van der Waals surface area contributed by atoms with Crippen molar-refractivity contribution in [1.29, 1.82) is 0 Å². The van der Waals surface area contributed by atoms with Crippen molar-refractivity contribution in [3.63, 3.8) is 0 Å². The quantitative estimate of drug-likeness (QED) is 0.715. The Morgan fingerprint density at radius 3 is 2.60 bits per heavy atom. The van der Waals surface area contributed by atoms with Crippen LogP contribution in [0.15, 0.2) is 47.1 Å². The van der Waals surface area contributed by atoms with Crippen molar-refractivity contribution in [2.24, 2.45) is 5.92 Å². The number of benzene rings is 1. The predicted molar refractivity (Wildman–Crippen MR) is 111 cm³/mol. The lowest BCUT2D eigenvalue weighted by molar-refractivity contribution is -0.121. The number of amides is 2. The first-order chi connectivity index (χ1) is 14.5. The topological polar surface area (TPSA) is 101 Å². The first kappa shape index (κ1) is 19.8. The van der Waals surface area contributed by atoms with E-state index in [-0.39, 0.29) is 17.7 Å². The number of carbonyl (C=O) groups excluding carboxylic acids is 2. The summed E-state index contributed by atoms with van der Waals surface area (Å²) < 4.78 is 5.16. The van der Waals surface area contributed by atoms with Crippen LogP contribution in [-0.2, 0) is 4.79 Å². The van der Waals surface area contributed by atoms with E-state index >= 15 is 0 Å². The summed E-state index contributed by atoms with van der Waals surface area (Å²) >= 11 is 0. The van der Waals surface area contributed by atoms with Gasteiger partial charge in [-0.05, 0) is 62.6 Å². The van der Waals surface area contributed by atoms with Gasteiger partial charge in [-0.15, -0.1) is 0 Å². The van der Waals surface area contributed by atoms with Crippen LogP contribution >= 0.6 is 0 Å². The van der Waals surface area contributed by atoms with Gasteiger partial charge >= 0.3 is 0 Å². The van der Waals surface area contributed by atoms with Crippen LogP contribution in [0.4, 0.5) is 5.82 Å². The number of aromatic nitrogens is 3. The van der Waals surface area contributed by atoms with Crippen LogP contribution in [0.3, 0.4) is 0 Å². The SMILES string of the molecule is Cc1ccc(NC(=O)[C@@H]2CCCN(C(=O)c3ccc(-c4nc(C)no4)cc3)C2)nc1. The Kier molecular flexibility index (Phi) is 5.56.